The Morgan fingerprint density at radius 3 is 0.950 bits per heavy atom. The first-order valence-corrected chi connectivity index (χ1v) is 34.2. The van der Waals surface area contributed by atoms with Crippen LogP contribution in [0.5, 0.6) is 11.5 Å². The minimum absolute atomic E-state index is 0.226. The second-order valence-electron chi connectivity index (χ2n) is 21.6. The molecule has 0 spiro atoms. The van der Waals surface area contributed by atoms with E-state index in [1.165, 1.54) is 109 Å². The molecule has 80 heavy (non-hydrogen) atoms. The van der Waals surface area contributed by atoms with Crippen LogP contribution >= 0.6 is 35.2 Å². The van der Waals surface area contributed by atoms with Gasteiger partial charge >= 0.3 is 34.5 Å². The number of aryl methyl sites for hydroxylation is 8. The van der Waals surface area contributed by atoms with Crippen LogP contribution in [0, 0.1) is 61.3 Å². The van der Waals surface area contributed by atoms with Crippen LogP contribution in [0.25, 0.3) is 32.7 Å². The molecule has 9 heteroatoms. The van der Waals surface area contributed by atoms with Gasteiger partial charge in [0.15, 0.2) is 0 Å². The Morgan fingerprint density at radius 2 is 0.688 bits per heavy atom. The van der Waals surface area contributed by atoms with E-state index in [1.807, 2.05) is 48.5 Å². The monoisotopic (exact) mass is 1220 g/mol. The summed E-state index contributed by atoms with van der Waals surface area (Å²) in [4.78, 5) is 0. The number of benzene rings is 10. The van der Waals surface area contributed by atoms with Crippen molar-refractivity contribution >= 4 is 88.6 Å². The maximum absolute atomic E-state index is 6.86. The van der Waals surface area contributed by atoms with Gasteiger partial charge in [-0.2, -0.15) is 0 Å². The number of methoxy groups -OCH3 is 2. The molecule has 10 aromatic rings. The minimum atomic E-state index is -0.937. The van der Waals surface area contributed by atoms with Gasteiger partial charge in [-0.25, -0.2) is 0 Å². The van der Waals surface area contributed by atoms with Gasteiger partial charge in [-0.1, -0.05) is 228 Å². The Morgan fingerprint density at radius 1 is 0.412 bits per heavy atom. The van der Waals surface area contributed by atoms with Crippen LogP contribution in [0.2, 0.25) is 0 Å². The van der Waals surface area contributed by atoms with E-state index >= 15 is 0 Å². The fraction of sp³-hybridized carbons (Fsp3) is 0.211. The number of hydrogen-bond acceptors (Lipinski definition) is 4. The van der Waals surface area contributed by atoms with Crippen LogP contribution in [-0.4, -0.2) is 20.3 Å². The van der Waals surface area contributed by atoms with Gasteiger partial charge in [0.25, 0.3) is 0 Å². The molecule has 0 amide bonds. The summed E-state index contributed by atoms with van der Waals surface area (Å²) in [5.41, 5.74) is 27.7. The van der Waals surface area contributed by atoms with Crippen molar-refractivity contribution in [3.8, 4) is 22.6 Å². The van der Waals surface area contributed by atoms with Crippen molar-refractivity contribution in [1.29, 1.82) is 0 Å². The van der Waals surface area contributed by atoms with Crippen molar-refractivity contribution in [2.45, 2.75) is 80.8 Å². The normalized spacial score (nSPS) is 11.9. The fourth-order valence-corrected chi connectivity index (χ4v) is 17.1. The van der Waals surface area contributed by atoms with Crippen LogP contribution in [0.15, 0.2) is 194 Å². The predicted molar refractivity (Wildman–Crippen MR) is 348 cm³/mol. The average molecular weight is 1220 g/mol. The predicted octanol–water partition coefficient (Wildman–Crippen LogP) is 15.9. The zero-order valence-corrected chi connectivity index (χ0v) is 53.1. The first-order chi connectivity index (χ1) is 38.4. The zero-order chi connectivity index (χ0) is 57.4. The molecule has 0 saturated heterocycles. The van der Waals surface area contributed by atoms with Gasteiger partial charge in [0, 0.05) is 6.04 Å². The van der Waals surface area contributed by atoms with Crippen molar-refractivity contribution < 1.29 is 24.6 Å². The number of halogens is 2. The quantitative estimate of drug-likeness (QED) is 0.0891. The summed E-state index contributed by atoms with van der Waals surface area (Å²) in [5, 5.41) is 13.6. The summed E-state index contributed by atoms with van der Waals surface area (Å²) in [7, 11) is 11.1. The summed E-state index contributed by atoms with van der Waals surface area (Å²) >= 11 is -0.346. The van der Waals surface area contributed by atoms with Crippen LogP contribution in [0.1, 0.15) is 69.5 Å². The molecule has 0 aliphatic rings. The van der Waals surface area contributed by atoms with Gasteiger partial charge in [-0.15, -0.1) is 0 Å². The maximum atomic E-state index is 6.86. The number of fused-ring (bicyclic) bond motifs is 2. The average Bonchev–Trinajstić information content (AvgIpc) is 3.62. The summed E-state index contributed by atoms with van der Waals surface area (Å²) in [6.07, 6.45) is 0. The van der Waals surface area contributed by atoms with Gasteiger partial charge in [-0.05, 0) is 177 Å². The van der Waals surface area contributed by atoms with Gasteiger partial charge in [0.1, 0.15) is 11.5 Å². The summed E-state index contributed by atoms with van der Waals surface area (Å²) in [6, 6.07) is 71.9. The van der Waals surface area contributed by atoms with E-state index in [-0.39, 0.29) is 27.1 Å². The topological polar surface area (TPSA) is 70.5 Å². The molecular weight excluding hydrogens is 1150 g/mol. The summed E-state index contributed by atoms with van der Waals surface area (Å²) in [5.74, 6) is 1.82. The van der Waals surface area contributed by atoms with Crippen LogP contribution < -0.4 is 52.8 Å². The molecule has 1 unspecified atom stereocenters. The van der Waals surface area contributed by atoms with Crippen molar-refractivity contribution in [3.63, 3.8) is 0 Å². The Kier molecular flexibility index (Phi) is 20.3. The first-order valence-electron chi connectivity index (χ1n) is 27.0. The molecule has 0 aromatic heterocycles. The van der Waals surface area contributed by atoms with Crippen molar-refractivity contribution in [1.82, 2.24) is 0 Å². The van der Waals surface area contributed by atoms with Crippen LogP contribution in [0.4, 0.5) is 0 Å². The molecule has 0 bridgehead atoms. The van der Waals surface area contributed by atoms with Gasteiger partial charge in [0.2, 0.25) is 0 Å². The van der Waals surface area contributed by atoms with Gasteiger partial charge in [-0.3, -0.25) is 0 Å². The molecule has 0 saturated carbocycles. The molecule has 4 N–H and O–H groups in total. The molecule has 0 aliphatic carbocycles. The Bertz CT molecular complexity index is 3350. The second-order valence-corrected chi connectivity index (χ2v) is 28.6. The SMILES string of the molecule is COc1ccc(C(N)(c2ccc(OC)cc2)C(N)C(C)C)cc1.Cc1cc(C)cc(P(c2cc(C)cc(C)c2)c2ccc3ccccc3c2-c2c(P(c3cc(C)cc(C)c3)c3cc(C)cc(C)c3)ccc3ccccc23)c1.[Cl][Ru][Cl]. The van der Waals surface area contributed by atoms with E-state index in [0.717, 1.165) is 22.6 Å². The molecule has 412 valence electrons. The summed E-state index contributed by atoms with van der Waals surface area (Å²) < 4.78 is 10.5. The van der Waals surface area contributed by atoms with Gasteiger partial charge in [0.05, 0.1) is 19.8 Å². The molecule has 10 rings (SSSR count). The number of nitrogens with two attached hydrogens (primary N) is 2. The Hall–Kier alpha value is -5.70. The molecule has 0 heterocycles. The van der Waals surface area contributed by atoms with Crippen LogP contribution in [-0.2, 0) is 20.7 Å². The van der Waals surface area contributed by atoms with Crippen LogP contribution in [0.3, 0.4) is 0 Å². The third-order valence-corrected chi connectivity index (χ3v) is 19.6. The Labute approximate surface area is 494 Å². The van der Waals surface area contributed by atoms with E-state index in [1.54, 1.807) is 14.2 Å². The molecule has 0 fully saturated rings. The van der Waals surface area contributed by atoms with Crippen molar-refractivity contribution in [2.24, 2.45) is 17.4 Å². The molecule has 1 atom stereocenters. The van der Waals surface area contributed by atoms with E-state index in [4.69, 9.17) is 40.3 Å². The van der Waals surface area contributed by atoms with E-state index in [0.29, 0.717) is 0 Å². The molecule has 10 aromatic carbocycles. The van der Waals surface area contributed by atoms with Gasteiger partial charge < -0.3 is 20.9 Å². The fourth-order valence-electron chi connectivity index (χ4n) is 11.4. The summed E-state index contributed by atoms with van der Waals surface area (Å²) in [6.45, 7) is 22.1. The molecule has 0 radical (unpaired) electrons. The second kappa shape index (κ2) is 26.9. The first kappa shape index (κ1) is 60.4. The standard InChI is InChI=1S/C52H48P2.C19H26N2O2.2ClH.Ru/c1-33-21-34(2)26-43(25-33)53(44-27-35(3)22-36(4)28-44)49-19-17-41-13-9-11-15-47(41)51(49)52-48-16-12-10-14-42(48)18-20-50(52)54(45-29-37(5)23-38(6)30-45)46-31-39(7)24-40(8)32-46;1-13(2)18(20)19(21,14-5-9-16(22-3)10-6-14)15-7-11-17(23-4)12-8-15;;;/h9-32H,1-8H3;5-13,18H,20-21H2,1-4H3;2*1H;/q;;;;+2/p-2. The van der Waals surface area contributed by atoms with E-state index in [2.05, 4.69) is 215 Å². The molecule has 4 nitrogen and oxygen atoms in total. The number of rotatable bonds is 13. The molecular formula is C71H74Cl2N2O2P2Ru. The van der Waals surface area contributed by atoms with Crippen molar-refractivity contribution in [2.75, 3.05) is 14.2 Å². The number of hydrogen-bond donors (Lipinski definition) is 2. The van der Waals surface area contributed by atoms with E-state index < -0.39 is 21.4 Å². The Balaban J connectivity index is 0.000000270. The number of ether oxygens (including phenoxy) is 2. The zero-order valence-electron chi connectivity index (χ0n) is 48.1. The molecule has 0 aliphatic heterocycles. The third kappa shape index (κ3) is 13.6. The third-order valence-electron chi connectivity index (χ3n) is 14.8. The van der Waals surface area contributed by atoms with E-state index in [9.17, 15) is 0 Å². The van der Waals surface area contributed by atoms with Crippen molar-refractivity contribution in [3.05, 3.63) is 250 Å².